The van der Waals surface area contributed by atoms with Crippen LogP contribution in [0.1, 0.15) is 36.2 Å². The van der Waals surface area contributed by atoms with E-state index in [-0.39, 0.29) is 10.8 Å². The fraction of sp³-hybridized carbons (Fsp3) is 0.381. The van der Waals surface area contributed by atoms with Gasteiger partial charge in [0.25, 0.3) is 5.91 Å². The summed E-state index contributed by atoms with van der Waals surface area (Å²) in [5.41, 5.74) is 2.15. The lowest BCUT2D eigenvalue weighted by Crippen LogP contribution is -2.42. The first-order valence-corrected chi connectivity index (χ1v) is 10.7. The minimum Gasteiger partial charge on any atom is -0.322 e. The number of rotatable bonds is 4. The van der Waals surface area contributed by atoms with Gasteiger partial charge in [0.2, 0.25) is 10.0 Å². The second-order valence-corrected chi connectivity index (χ2v) is 9.55. The third-order valence-electron chi connectivity index (χ3n) is 4.87. The summed E-state index contributed by atoms with van der Waals surface area (Å²) in [4.78, 5) is 12.6. The van der Waals surface area contributed by atoms with Gasteiger partial charge < -0.3 is 5.32 Å². The van der Waals surface area contributed by atoms with Crippen LogP contribution < -0.4 is 5.32 Å². The highest BCUT2D eigenvalue weighted by atomic mass is 32.2. The van der Waals surface area contributed by atoms with Crippen LogP contribution >= 0.6 is 0 Å². The molecule has 3 rings (SSSR count). The van der Waals surface area contributed by atoms with E-state index in [0.29, 0.717) is 36.2 Å². The molecule has 1 N–H and O–H groups in total. The molecule has 1 saturated heterocycles. The summed E-state index contributed by atoms with van der Waals surface area (Å²) < 4.78 is 27.4. The fourth-order valence-electron chi connectivity index (χ4n) is 3.65. The summed E-state index contributed by atoms with van der Waals surface area (Å²) in [6.45, 7) is 7.21. The van der Waals surface area contributed by atoms with E-state index in [1.54, 1.807) is 34.6 Å². The number of nitrogens with one attached hydrogen (secondary N) is 1. The van der Waals surface area contributed by atoms with Crippen molar-refractivity contribution in [3.63, 3.8) is 0 Å². The van der Waals surface area contributed by atoms with Crippen LogP contribution in [0.25, 0.3) is 0 Å². The van der Waals surface area contributed by atoms with E-state index >= 15 is 0 Å². The van der Waals surface area contributed by atoms with Gasteiger partial charge in [0.15, 0.2) is 0 Å². The number of sulfonamides is 1. The van der Waals surface area contributed by atoms with Gasteiger partial charge in [-0.1, -0.05) is 31.5 Å². The minimum absolute atomic E-state index is 0.215. The van der Waals surface area contributed by atoms with Gasteiger partial charge in [-0.2, -0.15) is 4.31 Å². The molecule has 1 aliphatic rings. The Kier molecular flexibility index (Phi) is 5.67. The minimum atomic E-state index is -3.51. The molecule has 2 aromatic carbocycles. The molecular weight excluding hydrogens is 360 g/mol. The molecule has 5 nitrogen and oxygen atoms in total. The Hall–Kier alpha value is -2.18. The lowest BCUT2D eigenvalue weighted by Gasteiger charge is -2.34. The van der Waals surface area contributed by atoms with Gasteiger partial charge in [0.05, 0.1) is 4.90 Å². The first kappa shape index (κ1) is 19.6. The first-order chi connectivity index (χ1) is 12.8. The highest BCUT2D eigenvalue weighted by Crippen LogP contribution is 2.27. The molecular formula is C21H26N2O3S. The zero-order valence-electron chi connectivity index (χ0n) is 16.0. The molecule has 1 aliphatic heterocycles. The van der Waals surface area contributed by atoms with Crippen molar-refractivity contribution in [1.82, 2.24) is 4.31 Å². The normalized spacial score (nSPS) is 21.0. The maximum absolute atomic E-state index is 12.9. The zero-order chi connectivity index (χ0) is 19.6. The number of aryl methyl sites for hydroxylation is 1. The Morgan fingerprint density at radius 2 is 1.67 bits per heavy atom. The molecule has 0 spiro atoms. The number of carbonyl (C=O) groups is 1. The Bertz CT molecular complexity index is 913. The van der Waals surface area contributed by atoms with Gasteiger partial charge in [-0.05, 0) is 61.6 Å². The number of hydrogen-bond donors (Lipinski definition) is 1. The molecule has 0 radical (unpaired) electrons. The van der Waals surface area contributed by atoms with E-state index in [2.05, 4.69) is 19.2 Å². The van der Waals surface area contributed by atoms with Crippen LogP contribution in [0.4, 0.5) is 5.69 Å². The quantitative estimate of drug-likeness (QED) is 0.866. The van der Waals surface area contributed by atoms with Crippen molar-refractivity contribution in [1.29, 1.82) is 0 Å². The molecule has 0 aromatic heterocycles. The van der Waals surface area contributed by atoms with Gasteiger partial charge >= 0.3 is 0 Å². The maximum Gasteiger partial charge on any atom is 0.255 e. The second kappa shape index (κ2) is 7.82. The van der Waals surface area contributed by atoms with Gasteiger partial charge in [0, 0.05) is 24.3 Å². The van der Waals surface area contributed by atoms with Crippen molar-refractivity contribution < 1.29 is 13.2 Å². The van der Waals surface area contributed by atoms with Crippen molar-refractivity contribution >= 4 is 21.6 Å². The lowest BCUT2D eigenvalue weighted by atomic mass is 9.94. The topological polar surface area (TPSA) is 66.5 Å². The lowest BCUT2D eigenvalue weighted by molar-refractivity contribution is 0.102. The molecule has 0 saturated carbocycles. The van der Waals surface area contributed by atoms with Gasteiger partial charge in [-0.25, -0.2) is 8.42 Å². The van der Waals surface area contributed by atoms with Crippen LogP contribution in [-0.4, -0.2) is 31.7 Å². The molecule has 1 heterocycles. The highest BCUT2D eigenvalue weighted by Gasteiger charge is 2.31. The van der Waals surface area contributed by atoms with Gasteiger partial charge in [-0.15, -0.1) is 0 Å². The van der Waals surface area contributed by atoms with E-state index in [1.807, 2.05) is 25.1 Å². The number of piperidine rings is 1. The summed E-state index contributed by atoms with van der Waals surface area (Å²) in [6, 6.07) is 13.7. The Morgan fingerprint density at radius 1 is 1.04 bits per heavy atom. The first-order valence-electron chi connectivity index (χ1n) is 9.24. The summed E-state index contributed by atoms with van der Waals surface area (Å²) in [6.07, 6.45) is 1.05. The van der Waals surface area contributed by atoms with Crippen molar-refractivity contribution in [3.8, 4) is 0 Å². The molecule has 0 bridgehead atoms. The largest absolute Gasteiger partial charge is 0.322 e. The smallest absolute Gasteiger partial charge is 0.255 e. The molecule has 2 aromatic rings. The number of hydrogen-bond acceptors (Lipinski definition) is 3. The third kappa shape index (κ3) is 4.57. The molecule has 144 valence electrons. The Balaban J connectivity index is 1.74. The molecule has 2 atom stereocenters. The predicted octanol–water partition coefficient (Wildman–Crippen LogP) is 3.91. The van der Waals surface area contributed by atoms with Gasteiger partial charge in [-0.3, -0.25) is 4.79 Å². The van der Waals surface area contributed by atoms with Crippen molar-refractivity contribution in [2.24, 2.45) is 11.8 Å². The standard InChI is InChI=1S/C21H26N2O3S/c1-15-5-4-6-18(12-15)21(24)22-19-7-9-20(10-8-19)27(25,26)23-13-16(2)11-17(3)14-23/h4-10,12,16-17H,11,13-14H2,1-3H3,(H,22,24)/t16-,17+. The van der Waals surface area contributed by atoms with Crippen LogP contribution in [0.3, 0.4) is 0 Å². The summed E-state index contributed by atoms with van der Waals surface area (Å²) in [7, 11) is -3.51. The molecule has 6 heteroatoms. The van der Waals surface area contributed by atoms with E-state index in [4.69, 9.17) is 0 Å². The summed E-state index contributed by atoms with van der Waals surface area (Å²) in [5, 5.41) is 2.81. The number of anilines is 1. The van der Waals surface area contributed by atoms with E-state index < -0.39 is 10.0 Å². The van der Waals surface area contributed by atoms with Crippen LogP contribution in [0, 0.1) is 18.8 Å². The van der Waals surface area contributed by atoms with Crippen LogP contribution in [-0.2, 0) is 10.0 Å². The molecule has 1 fully saturated rings. The number of benzene rings is 2. The fourth-order valence-corrected chi connectivity index (χ4v) is 5.33. The van der Waals surface area contributed by atoms with Gasteiger partial charge in [0.1, 0.15) is 0 Å². The maximum atomic E-state index is 12.9. The molecule has 27 heavy (non-hydrogen) atoms. The predicted molar refractivity (Wildman–Crippen MR) is 107 cm³/mol. The van der Waals surface area contributed by atoms with E-state index in [9.17, 15) is 13.2 Å². The third-order valence-corrected chi connectivity index (χ3v) is 6.71. The molecule has 0 aliphatic carbocycles. The average molecular weight is 387 g/mol. The monoisotopic (exact) mass is 386 g/mol. The van der Waals surface area contributed by atoms with E-state index in [0.717, 1.165) is 12.0 Å². The Labute approximate surface area is 161 Å². The molecule has 1 amide bonds. The summed E-state index contributed by atoms with van der Waals surface area (Å²) in [5.74, 6) is 0.501. The van der Waals surface area contributed by atoms with Crippen molar-refractivity contribution in [2.45, 2.75) is 32.1 Å². The van der Waals surface area contributed by atoms with Crippen LogP contribution in [0.5, 0.6) is 0 Å². The van der Waals surface area contributed by atoms with E-state index in [1.165, 1.54) is 0 Å². The highest BCUT2D eigenvalue weighted by molar-refractivity contribution is 7.89. The zero-order valence-corrected chi connectivity index (χ0v) is 16.8. The number of nitrogens with zero attached hydrogens (tertiary/aromatic N) is 1. The van der Waals surface area contributed by atoms with Crippen LogP contribution in [0.15, 0.2) is 53.4 Å². The van der Waals surface area contributed by atoms with Crippen molar-refractivity contribution in [3.05, 3.63) is 59.7 Å². The number of amides is 1. The molecule has 0 unspecified atom stereocenters. The Morgan fingerprint density at radius 3 is 2.26 bits per heavy atom. The average Bonchev–Trinajstić information content (AvgIpc) is 2.61. The second-order valence-electron chi connectivity index (χ2n) is 7.62. The number of carbonyl (C=O) groups excluding carboxylic acids is 1. The van der Waals surface area contributed by atoms with Crippen molar-refractivity contribution in [2.75, 3.05) is 18.4 Å². The SMILES string of the molecule is Cc1cccc(C(=O)Nc2ccc(S(=O)(=O)N3C[C@H](C)C[C@H](C)C3)cc2)c1. The summed E-state index contributed by atoms with van der Waals surface area (Å²) >= 11 is 0. The van der Waals surface area contributed by atoms with Crippen LogP contribution in [0.2, 0.25) is 0 Å².